The van der Waals surface area contributed by atoms with Gasteiger partial charge in [0.1, 0.15) is 0 Å². The van der Waals surface area contributed by atoms with Crippen molar-refractivity contribution in [2.24, 2.45) is 0 Å². The minimum atomic E-state index is -1.46. The van der Waals surface area contributed by atoms with Crippen molar-refractivity contribution in [2.45, 2.75) is 0 Å². The van der Waals surface area contributed by atoms with Crippen LogP contribution >= 0.6 is 67.8 Å². The van der Waals surface area contributed by atoms with Crippen LogP contribution in [0.1, 0.15) is 20.7 Å². The van der Waals surface area contributed by atoms with Gasteiger partial charge >= 0.3 is 27.3 Å². The number of hydrogen-bond donors (Lipinski definition) is 3. The molecule has 2 radical (unpaired) electrons. The number of imidazole rings is 2. The van der Waals surface area contributed by atoms with E-state index in [2.05, 4.69) is 19.9 Å². The summed E-state index contributed by atoms with van der Waals surface area (Å²) in [4.78, 5) is 35.7. The Morgan fingerprint density at radius 2 is 1.21 bits per heavy atom. The first-order chi connectivity index (χ1) is 12.3. The molecule has 0 fully saturated rings. The Bertz CT molecular complexity index is 878. The first kappa shape index (κ1) is 27.5. The number of anilines is 1. The van der Waals surface area contributed by atoms with E-state index in [1.165, 1.54) is 0 Å². The van der Waals surface area contributed by atoms with Crippen LogP contribution in [0.5, 0.6) is 0 Å². The molecule has 0 aliphatic rings. The van der Waals surface area contributed by atoms with Gasteiger partial charge in [-0.15, -0.1) is 0 Å². The molecule has 14 heteroatoms. The molecule has 1 aromatic carbocycles. The smallest absolute Gasteiger partial charge is 0.545 e. The molecule has 0 aliphatic heterocycles. The summed E-state index contributed by atoms with van der Waals surface area (Å²) in [7, 11) is 0. The zero-order valence-corrected chi connectivity index (χ0v) is 23.9. The van der Waals surface area contributed by atoms with Gasteiger partial charge in [-0.25, -0.2) is 9.97 Å². The Labute approximate surface area is 219 Å². The SMILES string of the molecule is Nc1c(I)c(C(=O)[O-])c(I)c(C(=O)[O-])c1I.O.[Pb+2].c1c[nH]c(-c2ncc[nH]2)n1. The largest absolute Gasteiger partial charge is 2.00 e. The maximum atomic E-state index is 10.9. The van der Waals surface area contributed by atoms with Crippen molar-refractivity contribution in [2.75, 3.05) is 5.73 Å². The number of benzene rings is 1. The molecule has 2 aromatic heterocycles. The zero-order chi connectivity index (χ0) is 19.4. The van der Waals surface area contributed by atoms with E-state index in [0.29, 0.717) is 0 Å². The summed E-state index contributed by atoms with van der Waals surface area (Å²) in [5.74, 6) is -1.38. The number of carboxylic acids is 2. The summed E-state index contributed by atoms with van der Waals surface area (Å²) in [5.41, 5.74) is 5.32. The number of carbonyl (C=O) groups excluding carboxylic acids is 2. The number of aromatic nitrogens is 4. The van der Waals surface area contributed by atoms with E-state index in [1.807, 2.05) is 0 Å². The van der Waals surface area contributed by atoms with Crippen molar-refractivity contribution in [1.82, 2.24) is 19.9 Å². The van der Waals surface area contributed by atoms with Gasteiger partial charge in [0.25, 0.3) is 0 Å². The van der Waals surface area contributed by atoms with E-state index in [9.17, 15) is 19.8 Å². The number of nitrogen functional groups attached to an aromatic ring is 1. The first-order valence-corrected chi connectivity index (χ1v) is 9.87. The maximum absolute atomic E-state index is 10.9. The molecule has 0 bridgehead atoms. The molecule has 0 spiro atoms. The summed E-state index contributed by atoms with van der Waals surface area (Å²) in [6, 6.07) is 0. The number of carboxylic acid groups (broad SMARTS) is 2. The summed E-state index contributed by atoms with van der Waals surface area (Å²) < 4.78 is 0.619. The molecule has 10 nitrogen and oxygen atoms in total. The maximum Gasteiger partial charge on any atom is 2.00 e. The number of hydrogen-bond acceptors (Lipinski definition) is 7. The molecule has 0 amide bonds. The fraction of sp³-hybridized carbons (Fsp3) is 0. The minimum absolute atomic E-state index is 0. The summed E-state index contributed by atoms with van der Waals surface area (Å²) >= 11 is 5.12. The van der Waals surface area contributed by atoms with Crippen LogP contribution in [-0.4, -0.2) is 64.6 Å². The van der Waals surface area contributed by atoms with Crippen LogP contribution in [0.3, 0.4) is 0 Å². The molecule has 28 heavy (non-hydrogen) atoms. The Hall–Kier alpha value is -0.548. The molecule has 0 saturated carbocycles. The molecule has 6 N–H and O–H groups in total. The molecule has 3 aromatic rings. The van der Waals surface area contributed by atoms with Gasteiger partial charge in [-0.2, -0.15) is 0 Å². The number of rotatable bonds is 3. The summed E-state index contributed by atoms with van der Waals surface area (Å²) in [6.45, 7) is 0. The van der Waals surface area contributed by atoms with E-state index in [1.54, 1.807) is 92.6 Å². The molecule has 146 valence electrons. The van der Waals surface area contributed by atoms with Gasteiger partial charge in [0, 0.05) is 46.6 Å². The van der Waals surface area contributed by atoms with Gasteiger partial charge in [0.2, 0.25) is 0 Å². The number of nitrogens with two attached hydrogens (primary N) is 1. The molecule has 3 rings (SSSR count). The van der Waals surface area contributed by atoms with Crippen LogP contribution in [0.4, 0.5) is 5.69 Å². The van der Waals surface area contributed by atoms with E-state index in [4.69, 9.17) is 5.73 Å². The first-order valence-electron chi connectivity index (χ1n) is 6.63. The van der Waals surface area contributed by atoms with Gasteiger partial charge in [-0.1, -0.05) is 0 Å². The average molecular weight is 916 g/mol. The quantitative estimate of drug-likeness (QED) is 0.178. The molecular weight excluding hydrogens is 906 g/mol. The van der Waals surface area contributed by atoms with Crippen LogP contribution in [-0.2, 0) is 0 Å². The molecular formula is C14H10I3N5O5Pb. The Balaban J connectivity index is 0.000000525. The summed E-state index contributed by atoms with van der Waals surface area (Å²) in [6.07, 6.45) is 6.91. The molecule has 2 heterocycles. The van der Waals surface area contributed by atoms with Crippen LogP contribution in [0.2, 0.25) is 0 Å². The topological polar surface area (TPSA) is 195 Å². The molecule has 0 aliphatic carbocycles. The van der Waals surface area contributed by atoms with Crippen molar-refractivity contribution in [3.63, 3.8) is 0 Å². The number of aromatic carboxylic acids is 2. The second-order valence-corrected chi connectivity index (χ2v) is 7.79. The van der Waals surface area contributed by atoms with Crippen molar-refractivity contribution in [1.29, 1.82) is 0 Å². The second-order valence-electron chi connectivity index (χ2n) is 4.56. The van der Waals surface area contributed by atoms with Crippen LogP contribution < -0.4 is 15.9 Å². The van der Waals surface area contributed by atoms with E-state index < -0.39 is 11.9 Å². The number of nitrogens with zero attached hydrogens (tertiary/aromatic N) is 2. The fourth-order valence-electron chi connectivity index (χ4n) is 1.83. The predicted octanol–water partition coefficient (Wildman–Crippen LogP) is -0.596. The van der Waals surface area contributed by atoms with Crippen molar-refractivity contribution in [3.05, 3.63) is 46.6 Å². The van der Waals surface area contributed by atoms with Crippen LogP contribution in [0, 0.1) is 10.7 Å². The number of nitrogens with one attached hydrogen (secondary N) is 2. The average Bonchev–Trinajstić information content (AvgIpc) is 3.25. The van der Waals surface area contributed by atoms with Crippen LogP contribution in [0.25, 0.3) is 11.6 Å². The number of aromatic amines is 2. The number of H-pyrrole nitrogens is 2. The fourth-order valence-corrected chi connectivity index (χ4v) is 5.88. The number of carbonyl (C=O) groups is 2. The van der Waals surface area contributed by atoms with Gasteiger partial charge in [0.05, 0.1) is 17.6 Å². The van der Waals surface area contributed by atoms with E-state index in [0.717, 1.165) is 11.6 Å². The van der Waals surface area contributed by atoms with Crippen molar-refractivity contribution < 1.29 is 25.3 Å². The third kappa shape index (κ3) is 6.22. The predicted molar refractivity (Wildman–Crippen MR) is 123 cm³/mol. The monoisotopic (exact) mass is 917 g/mol. The van der Waals surface area contributed by atoms with Crippen molar-refractivity contribution in [3.8, 4) is 11.6 Å². The molecule has 0 saturated heterocycles. The van der Waals surface area contributed by atoms with Crippen LogP contribution in [0.15, 0.2) is 24.8 Å². The minimum Gasteiger partial charge on any atom is -0.545 e. The van der Waals surface area contributed by atoms with E-state index >= 15 is 0 Å². The Morgan fingerprint density at radius 3 is 1.46 bits per heavy atom. The third-order valence-electron chi connectivity index (χ3n) is 2.98. The van der Waals surface area contributed by atoms with Gasteiger partial charge in [-0.05, 0) is 67.8 Å². The van der Waals surface area contributed by atoms with Gasteiger partial charge in [0.15, 0.2) is 11.6 Å². The molecule has 0 atom stereocenters. The van der Waals surface area contributed by atoms with Crippen molar-refractivity contribution >= 4 is 113 Å². The zero-order valence-electron chi connectivity index (χ0n) is 13.5. The number of halogens is 3. The van der Waals surface area contributed by atoms with Gasteiger partial charge in [-0.3, -0.25) is 0 Å². The van der Waals surface area contributed by atoms with E-state index in [-0.39, 0.29) is 60.3 Å². The third-order valence-corrected chi connectivity index (χ3v) is 6.30. The second kappa shape index (κ2) is 12.2. The normalized spacial score (nSPS) is 9.39. The summed E-state index contributed by atoms with van der Waals surface area (Å²) in [5, 5.41) is 21.8. The van der Waals surface area contributed by atoms with Gasteiger partial charge < -0.3 is 41.0 Å². The standard InChI is InChI=1S/C8H4I3NO4.C6H6N4.H2O.Pb/c9-3-1(7(13)14)4(10)6(12)5(11)2(3)8(15)16;1-2-8-5(7-1)6-9-3-4-10-6;;/h12H2,(H,13,14)(H,15,16);1-4H,(H,7,8)(H,9,10);1H2;/q;;;+2/p-2. The Morgan fingerprint density at radius 1 is 0.857 bits per heavy atom. The Kier molecular flexibility index (Phi) is 12.0. The molecule has 0 unspecified atom stereocenters.